The molecule has 2 aromatic heterocycles. The minimum Gasteiger partial charge on any atom is -0.309 e. The smallest absolute Gasteiger partial charge is 0.0548 e. The summed E-state index contributed by atoms with van der Waals surface area (Å²) in [5.41, 5.74) is 7.29. The maximum atomic E-state index is 2.42. The predicted molar refractivity (Wildman–Crippen MR) is 153 cm³/mol. The van der Waals surface area contributed by atoms with Crippen molar-refractivity contribution < 1.29 is 0 Å². The number of nitrogens with zero attached hydrogens (tertiary/aromatic N) is 2. The topological polar surface area (TPSA) is 9.86 Å². The van der Waals surface area contributed by atoms with Gasteiger partial charge in [-0.05, 0) is 65.4 Å². The van der Waals surface area contributed by atoms with E-state index in [0.29, 0.717) is 0 Å². The lowest BCUT2D eigenvalue weighted by Crippen LogP contribution is -1.94. The molecule has 0 bridgehead atoms. The first kappa shape index (κ1) is 19.5. The van der Waals surface area contributed by atoms with Gasteiger partial charge in [-0.15, -0.1) is 0 Å². The Kier molecular flexibility index (Phi) is 3.97. The molecule has 0 aliphatic carbocycles. The molecule has 0 atom stereocenters. The maximum Gasteiger partial charge on any atom is 0.0548 e. The lowest BCUT2D eigenvalue weighted by molar-refractivity contribution is 1.17. The summed E-state index contributed by atoms with van der Waals surface area (Å²) in [7, 11) is 0. The van der Waals surface area contributed by atoms with Gasteiger partial charge < -0.3 is 9.13 Å². The molecule has 8 rings (SSSR count). The van der Waals surface area contributed by atoms with Crippen molar-refractivity contribution in [2.75, 3.05) is 0 Å². The lowest BCUT2D eigenvalue weighted by atomic mass is 10.0. The number of hydrogen-bond acceptors (Lipinski definition) is 0. The molecule has 0 spiro atoms. The molecule has 8 aromatic rings. The van der Waals surface area contributed by atoms with Crippen molar-refractivity contribution in [2.24, 2.45) is 0 Å². The fourth-order valence-electron chi connectivity index (χ4n) is 5.87. The molecule has 36 heavy (non-hydrogen) atoms. The summed E-state index contributed by atoms with van der Waals surface area (Å²) >= 11 is 0. The molecule has 2 heteroatoms. The number of aromatic nitrogens is 2. The van der Waals surface area contributed by atoms with Crippen LogP contribution in [0.3, 0.4) is 0 Å². The summed E-state index contributed by atoms with van der Waals surface area (Å²) in [6.45, 7) is 0. The molecule has 0 aliphatic rings. The molecule has 0 aliphatic heterocycles. The Morgan fingerprint density at radius 1 is 0.306 bits per heavy atom. The molecule has 0 unspecified atom stereocenters. The highest BCUT2D eigenvalue weighted by molar-refractivity contribution is 6.20. The number of hydrogen-bond donors (Lipinski definition) is 0. The molecule has 0 saturated heterocycles. The fraction of sp³-hybridized carbons (Fsp3) is 0. The van der Waals surface area contributed by atoms with E-state index in [1.807, 2.05) is 0 Å². The molecule has 2 nitrogen and oxygen atoms in total. The van der Waals surface area contributed by atoms with Crippen LogP contribution in [0.2, 0.25) is 0 Å². The molecule has 0 amide bonds. The third-order valence-electron chi connectivity index (χ3n) is 7.45. The van der Waals surface area contributed by atoms with E-state index in [2.05, 4.69) is 143 Å². The van der Waals surface area contributed by atoms with E-state index in [1.165, 1.54) is 65.8 Å². The molecule has 0 saturated carbocycles. The summed E-state index contributed by atoms with van der Waals surface area (Å²) in [4.78, 5) is 0. The highest BCUT2D eigenvalue weighted by Crippen LogP contribution is 2.40. The van der Waals surface area contributed by atoms with Crippen LogP contribution < -0.4 is 0 Å². The highest BCUT2D eigenvalue weighted by Gasteiger charge is 2.18. The largest absolute Gasteiger partial charge is 0.309 e. The van der Waals surface area contributed by atoms with Crippen LogP contribution in [-0.2, 0) is 0 Å². The van der Waals surface area contributed by atoms with E-state index in [-0.39, 0.29) is 0 Å². The van der Waals surface area contributed by atoms with Crippen LogP contribution in [0.4, 0.5) is 0 Å². The summed E-state index contributed by atoms with van der Waals surface area (Å²) in [6.07, 6.45) is 0. The molecule has 0 radical (unpaired) electrons. The van der Waals surface area contributed by atoms with E-state index in [9.17, 15) is 0 Å². The molecular formula is C34H22N2. The Balaban J connectivity index is 1.61. The molecule has 168 valence electrons. The van der Waals surface area contributed by atoms with Crippen LogP contribution >= 0.6 is 0 Å². The predicted octanol–water partition coefficient (Wildman–Crippen LogP) is 9.03. The number of fused-ring (bicyclic) bond motifs is 7. The Morgan fingerprint density at radius 2 is 0.750 bits per heavy atom. The zero-order valence-electron chi connectivity index (χ0n) is 19.6. The van der Waals surface area contributed by atoms with Gasteiger partial charge in [0.2, 0.25) is 0 Å². The van der Waals surface area contributed by atoms with Gasteiger partial charge in [-0.3, -0.25) is 0 Å². The number of benzene rings is 6. The minimum atomic E-state index is 1.18. The normalized spacial score (nSPS) is 11.9. The van der Waals surface area contributed by atoms with E-state index < -0.39 is 0 Å². The number of para-hydroxylation sites is 3. The number of rotatable bonds is 2. The molecule has 6 aromatic carbocycles. The van der Waals surface area contributed by atoms with E-state index >= 15 is 0 Å². The van der Waals surface area contributed by atoms with Gasteiger partial charge in [-0.25, -0.2) is 0 Å². The van der Waals surface area contributed by atoms with Crippen LogP contribution in [0.15, 0.2) is 133 Å². The van der Waals surface area contributed by atoms with Gasteiger partial charge in [0.15, 0.2) is 0 Å². The Bertz CT molecular complexity index is 2080. The van der Waals surface area contributed by atoms with E-state index in [4.69, 9.17) is 0 Å². The lowest BCUT2D eigenvalue weighted by Gasteiger charge is -2.09. The minimum absolute atomic E-state index is 1.18. The van der Waals surface area contributed by atoms with Crippen molar-refractivity contribution in [3.63, 3.8) is 0 Å². The summed E-state index contributed by atoms with van der Waals surface area (Å²) in [5.74, 6) is 0. The molecule has 2 heterocycles. The fourth-order valence-corrected chi connectivity index (χ4v) is 5.87. The second-order valence-electron chi connectivity index (χ2n) is 9.46. The van der Waals surface area contributed by atoms with Crippen molar-refractivity contribution in [2.45, 2.75) is 0 Å². The standard InChI is InChI=1S/C34H22N2/c1-3-13-25(14-4-1)35-31-18-10-9-17-27(31)29-21-34-30(22-33(29)35)28-19-23-11-7-8-12-24(23)20-32(28)36(34)26-15-5-2-6-16-26/h1-22H. The van der Waals surface area contributed by atoms with Gasteiger partial charge in [-0.1, -0.05) is 78.9 Å². The maximum absolute atomic E-state index is 2.42. The van der Waals surface area contributed by atoms with Crippen molar-refractivity contribution >= 4 is 54.4 Å². The Hall–Kier alpha value is -4.82. The first-order valence-electron chi connectivity index (χ1n) is 12.4. The SMILES string of the molecule is c1ccc(-n2c3ccccc3c3cc4c(cc32)c2cc3ccccc3cc2n4-c2ccccc2)cc1. The summed E-state index contributed by atoms with van der Waals surface area (Å²) in [5, 5.41) is 7.61. The Morgan fingerprint density at radius 3 is 1.42 bits per heavy atom. The van der Waals surface area contributed by atoms with Crippen LogP contribution in [0, 0.1) is 0 Å². The second kappa shape index (κ2) is 7.34. The van der Waals surface area contributed by atoms with Crippen LogP contribution in [-0.4, -0.2) is 9.13 Å². The van der Waals surface area contributed by atoms with Crippen LogP contribution in [0.5, 0.6) is 0 Å². The van der Waals surface area contributed by atoms with E-state index in [1.54, 1.807) is 0 Å². The monoisotopic (exact) mass is 458 g/mol. The van der Waals surface area contributed by atoms with Gasteiger partial charge in [-0.2, -0.15) is 0 Å². The third kappa shape index (κ3) is 2.67. The van der Waals surface area contributed by atoms with E-state index in [0.717, 1.165) is 0 Å². The van der Waals surface area contributed by atoms with Gasteiger partial charge >= 0.3 is 0 Å². The second-order valence-corrected chi connectivity index (χ2v) is 9.46. The average molecular weight is 459 g/mol. The van der Waals surface area contributed by atoms with Gasteiger partial charge in [0.05, 0.1) is 22.1 Å². The Labute approximate surface area is 208 Å². The molecule has 0 fully saturated rings. The summed E-state index contributed by atoms with van der Waals surface area (Å²) in [6, 6.07) is 48.3. The molecule has 0 N–H and O–H groups in total. The van der Waals surface area contributed by atoms with Crippen molar-refractivity contribution in [3.05, 3.63) is 133 Å². The highest BCUT2D eigenvalue weighted by atomic mass is 15.0. The van der Waals surface area contributed by atoms with Crippen LogP contribution in [0.1, 0.15) is 0 Å². The first-order chi connectivity index (χ1) is 17.9. The first-order valence-corrected chi connectivity index (χ1v) is 12.4. The van der Waals surface area contributed by atoms with Gasteiger partial charge in [0, 0.05) is 32.9 Å². The quantitative estimate of drug-likeness (QED) is 0.244. The van der Waals surface area contributed by atoms with Crippen LogP contribution in [0.25, 0.3) is 65.8 Å². The summed E-state index contributed by atoms with van der Waals surface area (Å²) < 4.78 is 4.82. The third-order valence-corrected chi connectivity index (χ3v) is 7.45. The zero-order chi connectivity index (χ0) is 23.6. The van der Waals surface area contributed by atoms with Gasteiger partial charge in [0.1, 0.15) is 0 Å². The molecular weight excluding hydrogens is 436 g/mol. The van der Waals surface area contributed by atoms with Crippen molar-refractivity contribution in [1.82, 2.24) is 9.13 Å². The van der Waals surface area contributed by atoms with Crippen molar-refractivity contribution in [1.29, 1.82) is 0 Å². The van der Waals surface area contributed by atoms with Crippen molar-refractivity contribution in [3.8, 4) is 11.4 Å². The average Bonchev–Trinajstić information content (AvgIpc) is 3.43. The van der Waals surface area contributed by atoms with Gasteiger partial charge in [0.25, 0.3) is 0 Å². The zero-order valence-corrected chi connectivity index (χ0v) is 19.6.